The average Bonchev–Trinajstić information content (AvgIpc) is 2.81. The predicted octanol–water partition coefficient (Wildman–Crippen LogP) is -0.653. The van der Waals surface area contributed by atoms with E-state index in [1.165, 1.54) is 0 Å². The number of aliphatic carboxylic acids is 1. The van der Waals surface area contributed by atoms with Crippen molar-refractivity contribution in [3.05, 3.63) is 0 Å². The molecule has 0 bridgehead atoms. The Bertz CT molecular complexity index is 270. The second-order valence-electron chi connectivity index (χ2n) is 4.00. The molecule has 98 valence electrons. The maximum Gasteiger partial charge on any atom is 0.320 e. The van der Waals surface area contributed by atoms with Crippen LogP contribution in [0.15, 0.2) is 0 Å². The van der Waals surface area contributed by atoms with Gasteiger partial charge in [-0.1, -0.05) is 0 Å². The third-order valence-corrected chi connectivity index (χ3v) is 3.53. The highest BCUT2D eigenvalue weighted by Crippen LogP contribution is 2.09. The molecule has 17 heavy (non-hydrogen) atoms. The van der Waals surface area contributed by atoms with Gasteiger partial charge in [0.15, 0.2) is 0 Å². The molecule has 0 aromatic heterocycles. The van der Waals surface area contributed by atoms with Gasteiger partial charge in [-0.15, -0.1) is 11.8 Å². The summed E-state index contributed by atoms with van der Waals surface area (Å²) < 4.78 is 0. The molecule has 0 spiro atoms. The van der Waals surface area contributed by atoms with Crippen LogP contribution in [-0.4, -0.2) is 47.2 Å². The first-order valence-electron chi connectivity index (χ1n) is 5.68. The lowest BCUT2D eigenvalue weighted by Gasteiger charge is -2.10. The van der Waals surface area contributed by atoms with Crippen LogP contribution in [0.25, 0.3) is 0 Å². The highest BCUT2D eigenvalue weighted by molar-refractivity contribution is 7.99. The van der Waals surface area contributed by atoms with Gasteiger partial charge in [-0.2, -0.15) is 0 Å². The number of rotatable bonds is 7. The summed E-state index contributed by atoms with van der Waals surface area (Å²) in [6, 6.07) is -0.875. The van der Waals surface area contributed by atoms with E-state index in [0.717, 1.165) is 18.1 Å². The van der Waals surface area contributed by atoms with E-state index in [4.69, 9.17) is 10.8 Å². The number of thioether (sulfide) groups is 1. The SMILES string of the molecule is N[C@H](CCCCNC(=O)[C@@H]1CSCN1)C(=O)O. The smallest absolute Gasteiger partial charge is 0.320 e. The standard InChI is InChI=1S/C10H19N3O3S/c11-7(10(15)16)3-1-2-4-12-9(14)8-5-17-6-13-8/h7-8,13H,1-6,11H2,(H,12,14)(H,15,16)/t7-,8+/m1/s1. The van der Waals surface area contributed by atoms with Crippen LogP contribution in [0, 0.1) is 0 Å². The molecular weight excluding hydrogens is 242 g/mol. The fourth-order valence-electron chi connectivity index (χ4n) is 1.51. The van der Waals surface area contributed by atoms with Crippen molar-refractivity contribution < 1.29 is 14.7 Å². The fourth-order valence-corrected chi connectivity index (χ4v) is 2.45. The molecule has 0 unspecified atom stereocenters. The Kier molecular flexibility index (Phi) is 6.31. The topological polar surface area (TPSA) is 104 Å². The van der Waals surface area contributed by atoms with Gasteiger partial charge in [0.2, 0.25) is 5.91 Å². The molecule has 0 aromatic rings. The molecule has 0 aromatic carbocycles. The summed E-state index contributed by atoms with van der Waals surface area (Å²) in [5.74, 6) is 0.695. The average molecular weight is 261 g/mol. The van der Waals surface area contributed by atoms with E-state index in [2.05, 4.69) is 10.6 Å². The monoisotopic (exact) mass is 261 g/mol. The minimum Gasteiger partial charge on any atom is -0.480 e. The van der Waals surface area contributed by atoms with E-state index in [1.807, 2.05) is 0 Å². The molecule has 5 N–H and O–H groups in total. The summed E-state index contributed by atoms with van der Waals surface area (Å²) in [7, 11) is 0. The largest absolute Gasteiger partial charge is 0.480 e. The zero-order valence-corrected chi connectivity index (χ0v) is 10.5. The Hall–Kier alpha value is -0.790. The lowest BCUT2D eigenvalue weighted by Crippen LogP contribution is -2.42. The summed E-state index contributed by atoms with van der Waals surface area (Å²) in [6.07, 6.45) is 1.91. The lowest BCUT2D eigenvalue weighted by molar-refractivity contribution is -0.138. The third-order valence-electron chi connectivity index (χ3n) is 2.59. The van der Waals surface area contributed by atoms with Crippen molar-refractivity contribution in [2.45, 2.75) is 31.3 Å². The number of carbonyl (C=O) groups is 2. The normalized spacial score (nSPS) is 21.1. The first kappa shape index (κ1) is 14.3. The van der Waals surface area contributed by atoms with Crippen molar-refractivity contribution in [1.82, 2.24) is 10.6 Å². The molecule has 2 atom stereocenters. The van der Waals surface area contributed by atoms with Crippen molar-refractivity contribution >= 4 is 23.6 Å². The van der Waals surface area contributed by atoms with Crippen LogP contribution < -0.4 is 16.4 Å². The Morgan fingerprint density at radius 2 is 2.29 bits per heavy atom. The number of carboxylic acids is 1. The summed E-state index contributed by atoms with van der Waals surface area (Å²) in [4.78, 5) is 22.0. The summed E-state index contributed by atoms with van der Waals surface area (Å²) in [5, 5.41) is 14.5. The van der Waals surface area contributed by atoms with Crippen LogP contribution in [-0.2, 0) is 9.59 Å². The van der Waals surface area contributed by atoms with Crippen molar-refractivity contribution in [2.75, 3.05) is 18.2 Å². The molecule has 1 aliphatic rings. The molecule has 0 saturated carbocycles. The molecule has 1 amide bonds. The van der Waals surface area contributed by atoms with Gasteiger partial charge in [0, 0.05) is 18.2 Å². The minimum absolute atomic E-state index is 0.0255. The number of carboxylic acid groups (broad SMARTS) is 1. The Morgan fingerprint density at radius 1 is 1.53 bits per heavy atom. The summed E-state index contributed by atoms with van der Waals surface area (Å²) in [5.41, 5.74) is 5.36. The molecule has 6 nitrogen and oxygen atoms in total. The van der Waals surface area contributed by atoms with Crippen molar-refractivity contribution in [1.29, 1.82) is 0 Å². The van der Waals surface area contributed by atoms with Crippen LogP contribution in [0.4, 0.5) is 0 Å². The van der Waals surface area contributed by atoms with E-state index >= 15 is 0 Å². The number of unbranched alkanes of at least 4 members (excludes halogenated alkanes) is 1. The maximum absolute atomic E-state index is 11.5. The van der Waals surface area contributed by atoms with Crippen molar-refractivity contribution in [3.8, 4) is 0 Å². The quantitative estimate of drug-likeness (QED) is 0.454. The summed E-state index contributed by atoms with van der Waals surface area (Å²) in [6.45, 7) is 0.577. The van der Waals surface area contributed by atoms with Gasteiger partial charge in [0.1, 0.15) is 6.04 Å². The van der Waals surface area contributed by atoms with Gasteiger partial charge in [0.25, 0.3) is 0 Å². The lowest BCUT2D eigenvalue weighted by atomic mass is 10.1. The second kappa shape index (κ2) is 7.52. The number of hydrogen-bond donors (Lipinski definition) is 4. The van der Waals surface area contributed by atoms with Gasteiger partial charge < -0.3 is 16.2 Å². The molecule has 0 radical (unpaired) electrons. The van der Waals surface area contributed by atoms with Gasteiger partial charge in [0.05, 0.1) is 6.04 Å². The summed E-state index contributed by atoms with van der Waals surface area (Å²) >= 11 is 1.71. The zero-order chi connectivity index (χ0) is 12.7. The molecule has 0 aliphatic carbocycles. The van der Waals surface area contributed by atoms with Gasteiger partial charge in [-0.3, -0.25) is 14.9 Å². The van der Waals surface area contributed by atoms with Gasteiger partial charge in [-0.25, -0.2) is 0 Å². The highest BCUT2D eigenvalue weighted by atomic mass is 32.2. The van der Waals surface area contributed by atoms with Crippen LogP contribution in [0.1, 0.15) is 19.3 Å². The molecule has 7 heteroatoms. The molecule has 1 rings (SSSR count). The predicted molar refractivity (Wildman–Crippen MR) is 66.7 cm³/mol. The first-order chi connectivity index (χ1) is 8.11. The molecule has 1 heterocycles. The number of hydrogen-bond acceptors (Lipinski definition) is 5. The maximum atomic E-state index is 11.5. The molecular formula is C10H19N3O3S. The number of nitrogens with one attached hydrogen (secondary N) is 2. The van der Waals surface area contributed by atoms with Crippen LogP contribution >= 0.6 is 11.8 Å². The van der Waals surface area contributed by atoms with Crippen molar-refractivity contribution in [2.24, 2.45) is 5.73 Å². The van der Waals surface area contributed by atoms with E-state index in [0.29, 0.717) is 19.4 Å². The van der Waals surface area contributed by atoms with E-state index in [-0.39, 0.29) is 11.9 Å². The van der Waals surface area contributed by atoms with Crippen LogP contribution in [0.3, 0.4) is 0 Å². The van der Waals surface area contributed by atoms with Gasteiger partial charge >= 0.3 is 5.97 Å². The van der Waals surface area contributed by atoms with E-state index in [1.54, 1.807) is 11.8 Å². The minimum atomic E-state index is -0.971. The van der Waals surface area contributed by atoms with Gasteiger partial charge in [-0.05, 0) is 19.3 Å². The molecule has 1 aliphatic heterocycles. The molecule has 1 fully saturated rings. The third kappa shape index (κ3) is 5.38. The highest BCUT2D eigenvalue weighted by Gasteiger charge is 2.21. The number of carbonyl (C=O) groups excluding carboxylic acids is 1. The molecule has 1 saturated heterocycles. The van der Waals surface area contributed by atoms with Crippen LogP contribution in [0.2, 0.25) is 0 Å². The second-order valence-corrected chi connectivity index (χ2v) is 5.03. The Balaban J connectivity index is 2.00. The Morgan fingerprint density at radius 3 is 2.88 bits per heavy atom. The fraction of sp³-hybridized carbons (Fsp3) is 0.800. The van der Waals surface area contributed by atoms with E-state index < -0.39 is 12.0 Å². The Labute approximate surface area is 105 Å². The first-order valence-corrected chi connectivity index (χ1v) is 6.84. The van der Waals surface area contributed by atoms with Crippen molar-refractivity contribution in [3.63, 3.8) is 0 Å². The van der Waals surface area contributed by atoms with Crippen LogP contribution in [0.5, 0.6) is 0 Å². The number of amides is 1. The number of nitrogens with two attached hydrogens (primary N) is 1. The zero-order valence-electron chi connectivity index (χ0n) is 9.65. The van der Waals surface area contributed by atoms with E-state index in [9.17, 15) is 9.59 Å².